The van der Waals surface area contributed by atoms with Crippen LogP contribution in [0.25, 0.3) is 0 Å². The second-order valence-corrected chi connectivity index (χ2v) is 7.32. The molecule has 0 aromatic carbocycles. The molecular weight excluding hydrogens is 246 g/mol. The maximum absolute atomic E-state index is 6.25. The van der Waals surface area contributed by atoms with Gasteiger partial charge in [-0.15, -0.1) is 0 Å². The molecule has 0 spiro atoms. The van der Waals surface area contributed by atoms with E-state index in [0.29, 0.717) is 5.41 Å². The van der Waals surface area contributed by atoms with Crippen LogP contribution < -0.4 is 5.32 Å². The molecular formula is C14H26ClN3. The van der Waals surface area contributed by atoms with Gasteiger partial charge in [0.2, 0.25) is 0 Å². The van der Waals surface area contributed by atoms with Crippen molar-refractivity contribution in [3.8, 4) is 0 Å². The van der Waals surface area contributed by atoms with E-state index < -0.39 is 0 Å². The molecule has 0 aliphatic heterocycles. The van der Waals surface area contributed by atoms with Gasteiger partial charge in [-0.05, 0) is 32.6 Å². The third-order valence-electron chi connectivity index (χ3n) is 2.97. The van der Waals surface area contributed by atoms with E-state index in [0.717, 1.165) is 29.4 Å². The monoisotopic (exact) mass is 271 g/mol. The van der Waals surface area contributed by atoms with Gasteiger partial charge in [-0.2, -0.15) is 5.10 Å². The van der Waals surface area contributed by atoms with Crippen LogP contribution in [-0.4, -0.2) is 15.3 Å². The Balaban J connectivity index is 2.70. The summed E-state index contributed by atoms with van der Waals surface area (Å²) in [5.74, 6) is 0. The molecule has 0 aliphatic rings. The van der Waals surface area contributed by atoms with Crippen LogP contribution in [0.5, 0.6) is 0 Å². The molecule has 0 amide bonds. The molecule has 0 unspecified atom stereocenters. The average molecular weight is 272 g/mol. The maximum Gasteiger partial charge on any atom is 0.0860 e. The molecule has 0 radical (unpaired) electrons. The Morgan fingerprint density at radius 2 is 1.78 bits per heavy atom. The van der Waals surface area contributed by atoms with Crippen LogP contribution in [0.1, 0.15) is 52.4 Å². The Morgan fingerprint density at radius 3 is 2.17 bits per heavy atom. The van der Waals surface area contributed by atoms with Crippen molar-refractivity contribution in [1.29, 1.82) is 0 Å². The van der Waals surface area contributed by atoms with Crippen LogP contribution in [0.4, 0.5) is 0 Å². The molecule has 0 saturated carbocycles. The number of aromatic nitrogens is 2. The van der Waals surface area contributed by atoms with Crippen molar-refractivity contribution < 1.29 is 0 Å². The molecule has 3 nitrogen and oxygen atoms in total. The van der Waals surface area contributed by atoms with Crippen molar-refractivity contribution >= 4 is 11.6 Å². The summed E-state index contributed by atoms with van der Waals surface area (Å²) < 4.78 is 1.86. The van der Waals surface area contributed by atoms with Crippen molar-refractivity contribution in [2.45, 2.75) is 60.0 Å². The predicted octanol–water partition coefficient (Wildman–Crippen LogP) is 3.69. The smallest absolute Gasteiger partial charge is 0.0860 e. The summed E-state index contributed by atoms with van der Waals surface area (Å²) in [5.41, 5.74) is 2.34. The van der Waals surface area contributed by atoms with Crippen molar-refractivity contribution in [2.24, 2.45) is 12.5 Å². The normalized spacial score (nSPS) is 13.1. The van der Waals surface area contributed by atoms with Gasteiger partial charge in [-0.3, -0.25) is 4.68 Å². The zero-order chi connectivity index (χ0) is 14.1. The van der Waals surface area contributed by atoms with Crippen LogP contribution >= 0.6 is 11.6 Å². The van der Waals surface area contributed by atoms with Gasteiger partial charge in [0, 0.05) is 19.1 Å². The molecule has 4 heteroatoms. The van der Waals surface area contributed by atoms with Gasteiger partial charge in [-0.1, -0.05) is 32.4 Å². The quantitative estimate of drug-likeness (QED) is 0.905. The maximum atomic E-state index is 6.25. The van der Waals surface area contributed by atoms with Crippen molar-refractivity contribution in [3.63, 3.8) is 0 Å². The minimum atomic E-state index is 0.0831. The minimum Gasteiger partial charge on any atom is -0.306 e. The zero-order valence-electron chi connectivity index (χ0n) is 12.7. The first-order valence-electron chi connectivity index (χ1n) is 6.45. The highest BCUT2D eigenvalue weighted by Gasteiger charge is 2.25. The fraction of sp³-hybridized carbons (Fsp3) is 0.786. The Hall–Kier alpha value is -0.540. The lowest BCUT2D eigenvalue weighted by atomic mass is 9.82. The standard InChI is InChI=1S/C14H26ClN3/c1-10-12(15)11(18(7)17-10)8-16-14(5,6)9-13(2,3)4/h16H,8-9H2,1-7H3. The van der Waals surface area contributed by atoms with Gasteiger partial charge in [-0.25, -0.2) is 0 Å². The highest BCUT2D eigenvalue weighted by atomic mass is 35.5. The van der Waals surface area contributed by atoms with Crippen molar-refractivity contribution in [2.75, 3.05) is 0 Å². The topological polar surface area (TPSA) is 29.9 Å². The third kappa shape index (κ3) is 4.29. The summed E-state index contributed by atoms with van der Waals surface area (Å²) in [5, 5.41) is 8.69. The Kier molecular flexibility index (Phi) is 4.50. The second-order valence-electron chi connectivity index (χ2n) is 6.94. The third-order valence-corrected chi connectivity index (χ3v) is 3.46. The molecule has 1 aromatic rings. The minimum absolute atomic E-state index is 0.0831. The van der Waals surface area contributed by atoms with E-state index in [1.54, 1.807) is 0 Å². The molecule has 1 heterocycles. The van der Waals surface area contributed by atoms with E-state index in [2.05, 4.69) is 45.0 Å². The first-order chi connectivity index (χ1) is 8.02. The Bertz CT molecular complexity index is 413. The number of nitrogens with one attached hydrogen (secondary N) is 1. The highest BCUT2D eigenvalue weighted by Crippen LogP contribution is 2.27. The fourth-order valence-electron chi connectivity index (χ4n) is 2.58. The molecule has 0 bridgehead atoms. The summed E-state index contributed by atoms with van der Waals surface area (Å²) in [6, 6.07) is 0. The average Bonchev–Trinajstić information content (AvgIpc) is 2.35. The Labute approximate surface area is 116 Å². The summed E-state index contributed by atoms with van der Waals surface area (Å²) in [7, 11) is 1.94. The zero-order valence-corrected chi connectivity index (χ0v) is 13.4. The Morgan fingerprint density at radius 1 is 1.22 bits per heavy atom. The van der Waals surface area contributed by atoms with Crippen LogP contribution in [0.2, 0.25) is 5.02 Å². The lowest BCUT2D eigenvalue weighted by Gasteiger charge is -2.33. The molecule has 104 valence electrons. The van der Waals surface area contributed by atoms with E-state index in [4.69, 9.17) is 11.6 Å². The molecule has 0 saturated heterocycles. The summed E-state index contributed by atoms with van der Waals surface area (Å²) in [6.07, 6.45) is 1.11. The van der Waals surface area contributed by atoms with Crippen LogP contribution in [0.15, 0.2) is 0 Å². The van der Waals surface area contributed by atoms with Crippen molar-refractivity contribution in [3.05, 3.63) is 16.4 Å². The summed E-state index contributed by atoms with van der Waals surface area (Å²) in [6.45, 7) is 13.9. The van der Waals surface area contributed by atoms with Crippen molar-refractivity contribution in [1.82, 2.24) is 15.1 Å². The SMILES string of the molecule is Cc1nn(C)c(CNC(C)(C)CC(C)(C)C)c1Cl. The number of rotatable bonds is 4. The molecule has 0 atom stereocenters. The fourth-order valence-corrected chi connectivity index (χ4v) is 2.81. The predicted molar refractivity (Wildman–Crippen MR) is 77.9 cm³/mol. The number of nitrogens with zero attached hydrogens (tertiary/aromatic N) is 2. The number of aryl methyl sites for hydroxylation is 2. The lowest BCUT2D eigenvalue weighted by Crippen LogP contribution is -2.42. The molecule has 18 heavy (non-hydrogen) atoms. The van der Waals surface area contributed by atoms with E-state index in [-0.39, 0.29) is 5.54 Å². The van der Waals surface area contributed by atoms with E-state index >= 15 is 0 Å². The molecule has 1 N–H and O–H groups in total. The number of halogens is 1. The van der Waals surface area contributed by atoms with E-state index in [9.17, 15) is 0 Å². The largest absolute Gasteiger partial charge is 0.306 e. The first kappa shape index (κ1) is 15.5. The van der Waals surface area contributed by atoms with Crippen LogP contribution in [0, 0.1) is 12.3 Å². The van der Waals surface area contributed by atoms with Gasteiger partial charge in [0.25, 0.3) is 0 Å². The summed E-state index contributed by atoms with van der Waals surface area (Å²) in [4.78, 5) is 0. The van der Waals surface area contributed by atoms with Gasteiger partial charge in [0.05, 0.1) is 16.4 Å². The second kappa shape index (κ2) is 5.22. The van der Waals surface area contributed by atoms with Gasteiger partial charge < -0.3 is 5.32 Å². The molecule has 1 rings (SSSR count). The number of hydrogen-bond donors (Lipinski definition) is 1. The van der Waals surface area contributed by atoms with Gasteiger partial charge in [0.1, 0.15) is 0 Å². The van der Waals surface area contributed by atoms with Gasteiger partial charge >= 0.3 is 0 Å². The summed E-state index contributed by atoms with van der Waals surface area (Å²) >= 11 is 6.25. The lowest BCUT2D eigenvalue weighted by molar-refractivity contribution is 0.239. The van der Waals surface area contributed by atoms with Crippen LogP contribution in [-0.2, 0) is 13.6 Å². The van der Waals surface area contributed by atoms with E-state index in [1.807, 2.05) is 18.7 Å². The van der Waals surface area contributed by atoms with E-state index in [1.165, 1.54) is 0 Å². The highest BCUT2D eigenvalue weighted by molar-refractivity contribution is 6.31. The number of hydrogen-bond acceptors (Lipinski definition) is 2. The molecule has 0 fully saturated rings. The molecule has 0 aliphatic carbocycles. The van der Waals surface area contributed by atoms with Crippen LogP contribution in [0.3, 0.4) is 0 Å². The van der Waals surface area contributed by atoms with Gasteiger partial charge in [0.15, 0.2) is 0 Å². The first-order valence-corrected chi connectivity index (χ1v) is 6.83. The molecule has 1 aromatic heterocycles.